The number of furan rings is 1. The summed E-state index contributed by atoms with van der Waals surface area (Å²) in [7, 11) is -1.41. The van der Waals surface area contributed by atoms with Crippen LogP contribution in [0.4, 0.5) is 0 Å². The quantitative estimate of drug-likeness (QED) is 0.582. The number of para-hydroxylation sites is 2. The Hall–Kier alpha value is -1.25. The van der Waals surface area contributed by atoms with Crippen molar-refractivity contribution in [2.45, 2.75) is 19.6 Å². The molecule has 0 amide bonds. The fraction of sp³-hybridized carbons (Fsp3) is 0.200. The molecule has 0 unspecified atom stereocenters. The molecule has 0 N–H and O–H groups in total. The van der Waals surface area contributed by atoms with Gasteiger partial charge in [0.15, 0.2) is 5.58 Å². The first-order valence-electron chi connectivity index (χ1n) is 6.09. The lowest BCUT2D eigenvalue weighted by atomic mass is 10.1. The predicted octanol–water partition coefficient (Wildman–Crippen LogP) is 4.78. The fourth-order valence-corrected chi connectivity index (χ4v) is 4.05. The highest BCUT2D eigenvalue weighted by Gasteiger charge is 2.22. The summed E-state index contributed by atoms with van der Waals surface area (Å²) in [6.07, 6.45) is 0. The Balaban J connectivity index is 2.50. The summed E-state index contributed by atoms with van der Waals surface area (Å²) >= 11 is 6.21. The van der Waals surface area contributed by atoms with E-state index in [0.29, 0.717) is 5.02 Å². The van der Waals surface area contributed by atoms with Gasteiger partial charge in [0.1, 0.15) is 5.58 Å². The lowest BCUT2D eigenvalue weighted by molar-refractivity contribution is 0.671. The van der Waals surface area contributed by atoms with E-state index < -0.39 is 8.07 Å². The standard InChI is InChI=1S/C15H15ClOSi/c1-18(2,3)13-9-5-7-11-10-6-4-8-12(16)14(10)17-15(11)13/h4-9H,1-3H3. The van der Waals surface area contributed by atoms with Gasteiger partial charge in [0, 0.05) is 10.8 Å². The number of hydrogen-bond donors (Lipinski definition) is 0. The molecule has 0 fully saturated rings. The van der Waals surface area contributed by atoms with Crippen molar-refractivity contribution in [3.05, 3.63) is 41.4 Å². The molecule has 0 radical (unpaired) electrons. The average Bonchev–Trinajstić information content (AvgIpc) is 2.68. The zero-order valence-electron chi connectivity index (χ0n) is 10.8. The van der Waals surface area contributed by atoms with Crippen LogP contribution in [0.2, 0.25) is 24.7 Å². The molecular weight excluding hydrogens is 260 g/mol. The molecule has 3 aromatic rings. The zero-order valence-corrected chi connectivity index (χ0v) is 12.5. The van der Waals surface area contributed by atoms with Crippen LogP contribution < -0.4 is 5.19 Å². The van der Waals surface area contributed by atoms with Crippen LogP contribution in [0.1, 0.15) is 0 Å². The van der Waals surface area contributed by atoms with Crippen LogP contribution in [-0.4, -0.2) is 8.07 Å². The van der Waals surface area contributed by atoms with Crippen molar-refractivity contribution in [3.8, 4) is 0 Å². The summed E-state index contributed by atoms with van der Waals surface area (Å²) in [5, 5.41) is 4.32. The second-order valence-corrected chi connectivity index (χ2v) is 11.1. The normalized spacial score (nSPS) is 12.4. The topological polar surface area (TPSA) is 13.1 Å². The van der Waals surface area contributed by atoms with E-state index in [-0.39, 0.29) is 0 Å². The number of halogens is 1. The van der Waals surface area contributed by atoms with Gasteiger partial charge in [-0.2, -0.15) is 0 Å². The van der Waals surface area contributed by atoms with Gasteiger partial charge in [-0.1, -0.05) is 61.6 Å². The highest BCUT2D eigenvalue weighted by Crippen LogP contribution is 2.32. The summed E-state index contributed by atoms with van der Waals surface area (Å²) in [6.45, 7) is 6.99. The van der Waals surface area contributed by atoms with Crippen LogP contribution in [0, 0.1) is 0 Å². The largest absolute Gasteiger partial charge is 0.455 e. The van der Waals surface area contributed by atoms with Crippen LogP contribution in [0.3, 0.4) is 0 Å². The Morgan fingerprint density at radius 3 is 2.17 bits per heavy atom. The van der Waals surface area contributed by atoms with E-state index in [4.69, 9.17) is 16.0 Å². The fourth-order valence-electron chi connectivity index (χ4n) is 2.38. The summed E-state index contributed by atoms with van der Waals surface area (Å²) in [6, 6.07) is 12.3. The number of fused-ring (bicyclic) bond motifs is 3. The molecule has 3 rings (SSSR count). The Morgan fingerprint density at radius 1 is 0.889 bits per heavy atom. The second-order valence-electron chi connectivity index (χ2n) is 5.65. The Bertz CT molecular complexity index is 737. The Labute approximate surface area is 112 Å². The molecule has 0 aliphatic carbocycles. The summed E-state index contributed by atoms with van der Waals surface area (Å²) in [5.41, 5.74) is 1.82. The predicted molar refractivity (Wildman–Crippen MR) is 81.7 cm³/mol. The minimum atomic E-state index is -1.41. The van der Waals surface area contributed by atoms with Crippen molar-refractivity contribution in [1.82, 2.24) is 0 Å². The Kier molecular flexibility index (Phi) is 2.54. The number of hydrogen-bond acceptors (Lipinski definition) is 1. The molecule has 0 spiro atoms. The van der Waals surface area contributed by atoms with Crippen molar-refractivity contribution in [3.63, 3.8) is 0 Å². The molecule has 0 atom stereocenters. The first kappa shape index (κ1) is 11.8. The summed E-state index contributed by atoms with van der Waals surface area (Å²) in [4.78, 5) is 0. The molecule has 92 valence electrons. The van der Waals surface area contributed by atoms with Crippen LogP contribution in [0.5, 0.6) is 0 Å². The van der Waals surface area contributed by atoms with Gasteiger partial charge < -0.3 is 4.42 Å². The monoisotopic (exact) mass is 274 g/mol. The molecule has 0 saturated carbocycles. The Morgan fingerprint density at radius 2 is 1.50 bits per heavy atom. The van der Waals surface area contributed by atoms with Crippen LogP contribution in [-0.2, 0) is 0 Å². The maximum atomic E-state index is 6.21. The molecule has 0 bridgehead atoms. The molecule has 1 nitrogen and oxygen atoms in total. The van der Waals surface area contributed by atoms with Crippen molar-refractivity contribution in [2.75, 3.05) is 0 Å². The lowest BCUT2D eigenvalue weighted by Gasteiger charge is -2.16. The number of rotatable bonds is 1. The zero-order chi connectivity index (χ0) is 12.9. The van der Waals surface area contributed by atoms with Gasteiger partial charge in [-0.3, -0.25) is 0 Å². The molecule has 0 aliphatic heterocycles. The van der Waals surface area contributed by atoms with Crippen LogP contribution >= 0.6 is 11.6 Å². The minimum absolute atomic E-state index is 0.685. The van der Waals surface area contributed by atoms with Gasteiger partial charge in [-0.15, -0.1) is 0 Å². The first-order valence-corrected chi connectivity index (χ1v) is 9.96. The molecule has 2 aromatic carbocycles. The van der Waals surface area contributed by atoms with E-state index in [9.17, 15) is 0 Å². The van der Waals surface area contributed by atoms with Gasteiger partial charge in [-0.05, 0) is 11.3 Å². The highest BCUT2D eigenvalue weighted by molar-refractivity contribution is 6.90. The smallest absolute Gasteiger partial charge is 0.153 e. The highest BCUT2D eigenvalue weighted by atomic mass is 35.5. The molecule has 0 aliphatic rings. The van der Waals surface area contributed by atoms with Crippen molar-refractivity contribution >= 4 is 46.8 Å². The minimum Gasteiger partial charge on any atom is -0.455 e. The molecule has 1 aromatic heterocycles. The van der Waals surface area contributed by atoms with Crippen molar-refractivity contribution in [1.29, 1.82) is 0 Å². The van der Waals surface area contributed by atoms with E-state index in [1.165, 1.54) is 10.6 Å². The molecule has 18 heavy (non-hydrogen) atoms. The van der Waals surface area contributed by atoms with E-state index >= 15 is 0 Å². The third-order valence-corrected chi connectivity index (χ3v) is 5.59. The van der Waals surface area contributed by atoms with Gasteiger partial charge in [0.2, 0.25) is 0 Å². The summed E-state index contributed by atoms with van der Waals surface area (Å²) in [5.74, 6) is 0. The van der Waals surface area contributed by atoms with Crippen molar-refractivity contribution in [2.24, 2.45) is 0 Å². The maximum absolute atomic E-state index is 6.21. The molecular formula is C15H15ClOSi. The van der Waals surface area contributed by atoms with Crippen molar-refractivity contribution < 1.29 is 4.42 Å². The van der Waals surface area contributed by atoms with E-state index in [2.05, 4.69) is 43.9 Å². The molecule has 1 heterocycles. The maximum Gasteiger partial charge on any atom is 0.153 e. The molecule has 0 saturated heterocycles. The second kappa shape index (κ2) is 3.87. The lowest BCUT2D eigenvalue weighted by Crippen LogP contribution is -2.37. The van der Waals surface area contributed by atoms with Crippen LogP contribution in [0.15, 0.2) is 40.8 Å². The van der Waals surface area contributed by atoms with Crippen LogP contribution in [0.25, 0.3) is 21.9 Å². The van der Waals surface area contributed by atoms with Gasteiger partial charge in [-0.25, -0.2) is 0 Å². The molecule has 3 heteroatoms. The average molecular weight is 275 g/mol. The van der Waals surface area contributed by atoms with Gasteiger partial charge in [0.05, 0.1) is 13.1 Å². The summed E-state index contributed by atoms with van der Waals surface area (Å²) < 4.78 is 6.04. The van der Waals surface area contributed by atoms with E-state index in [0.717, 1.165) is 16.6 Å². The third kappa shape index (κ3) is 1.68. The van der Waals surface area contributed by atoms with Gasteiger partial charge in [0.25, 0.3) is 0 Å². The third-order valence-electron chi connectivity index (χ3n) is 3.28. The number of benzene rings is 2. The van der Waals surface area contributed by atoms with E-state index in [1.807, 2.05) is 12.1 Å². The van der Waals surface area contributed by atoms with Gasteiger partial charge >= 0.3 is 0 Å². The SMILES string of the molecule is C[Si](C)(C)c1cccc2c1oc1c(Cl)cccc12. The van der Waals surface area contributed by atoms with E-state index in [1.54, 1.807) is 0 Å². The first-order chi connectivity index (χ1) is 8.48.